The van der Waals surface area contributed by atoms with Crippen molar-refractivity contribution in [3.63, 3.8) is 0 Å². The van der Waals surface area contributed by atoms with Gasteiger partial charge in [0.15, 0.2) is 0 Å². The van der Waals surface area contributed by atoms with Crippen molar-refractivity contribution in [3.05, 3.63) is 57.2 Å². The number of hydrogen-bond acceptors (Lipinski definition) is 6. The van der Waals surface area contributed by atoms with Gasteiger partial charge in [0.2, 0.25) is 0 Å². The normalized spacial score (nSPS) is 23.9. The predicted octanol–water partition coefficient (Wildman–Crippen LogP) is 4.59. The lowest BCUT2D eigenvalue weighted by Crippen LogP contribution is -2.47. The summed E-state index contributed by atoms with van der Waals surface area (Å²) in [6.45, 7) is 2.32. The first kappa shape index (κ1) is 19.5. The fraction of sp³-hybridized carbons (Fsp3) is 0.571. The van der Waals surface area contributed by atoms with Crippen LogP contribution >= 0.6 is 11.3 Å². The van der Waals surface area contributed by atoms with Crippen LogP contribution in [0.3, 0.4) is 0 Å². The second-order valence-corrected chi connectivity index (χ2v) is 9.23. The Hall–Kier alpha value is -1.83. The van der Waals surface area contributed by atoms with Crippen molar-refractivity contribution in [1.82, 2.24) is 10.3 Å². The van der Waals surface area contributed by atoms with Crippen LogP contribution < -0.4 is 5.32 Å². The maximum absolute atomic E-state index is 10.8. The largest absolute Gasteiger partial charge is 0.375 e. The van der Waals surface area contributed by atoms with Gasteiger partial charge < -0.3 is 10.1 Å². The molecule has 4 rings (SSSR count). The maximum Gasteiger partial charge on any atom is 0.324 e. The summed E-state index contributed by atoms with van der Waals surface area (Å²) >= 11 is 1.24. The minimum absolute atomic E-state index is 0.0319. The summed E-state index contributed by atoms with van der Waals surface area (Å²) in [5.74, 6) is 0. The number of aromatic nitrogens is 1. The molecule has 3 heterocycles. The van der Waals surface area contributed by atoms with E-state index in [-0.39, 0.29) is 20.9 Å². The smallest absolute Gasteiger partial charge is 0.324 e. The molecule has 1 N–H and O–H groups in total. The summed E-state index contributed by atoms with van der Waals surface area (Å²) in [4.78, 5) is 16.3. The van der Waals surface area contributed by atoms with E-state index in [1.807, 2.05) is 18.3 Å². The molecule has 2 aromatic heterocycles. The van der Waals surface area contributed by atoms with Crippen molar-refractivity contribution in [1.29, 1.82) is 0 Å². The van der Waals surface area contributed by atoms with Crippen molar-refractivity contribution in [2.24, 2.45) is 0 Å². The number of thiophene rings is 1. The van der Waals surface area contributed by atoms with Gasteiger partial charge >= 0.3 is 5.00 Å². The molecule has 6 nitrogen and oxygen atoms in total. The van der Waals surface area contributed by atoms with Crippen LogP contribution in [0.5, 0.6) is 0 Å². The summed E-state index contributed by atoms with van der Waals surface area (Å²) in [5, 5.41) is 14.5. The Morgan fingerprint density at radius 1 is 1.21 bits per heavy atom. The van der Waals surface area contributed by atoms with Gasteiger partial charge in [-0.05, 0) is 56.8 Å². The molecule has 1 spiro atoms. The van der Waals surface area contributed by atoms with E-state index in [4.69, 9.17) is 9.72 Å². The Kier molecular flexibility index (Phi) is 5.75. The van der Waals surface area contributed by atoms with E-state index in [9.17, 15) is 10.1 Å². The van der Waals surface area contributed by atoms with Crippen LogP contribution in [-0.2, 0) is 16.7 Å². The van der Waals surface area contributed by atoms with Gasteiger partial charge in [0.05, 0.1) is 10.5 Å². The molecule has 0 bridgehead atoms. The van der Waals surface area contributed by atoms with E-state index in [2.05, 4.69) is 17.4 Å². The third-order valence-electron chi connectivity index (χ3n) is 6.28. The number of hydrogen-bond donors (Lipinski definition) is 1. The van der Waals surface area contributed by atoms with Crippen molar-refractivity contribution in [3.8, 4) is 0 Å². The van der Waals surface area contributed by atoms with E-state index in [1.165, 1.54) is 29.9 Å². The van der Waals surface area contributed by atoms with Crippen LogP contribution in [0.1, 0.15) is 55.5 Å². The molecular weight excluding hydrogens is 374 g/mol. The number of pyridine rings is 1. The molecule has 1 aliphatic carbocycles. The average molecular weight is 402 g/mol. The fourth-order valence-electron chi connectivity index (χ4n) is 4.90. The van der Waals surface area contributed by atoms with E-state index in [0.717, 1.165) is 50.1 Å². The Balaban J connectivity index is 1.43. The zero-order valence-electron chi connectivity index (χ0n) is 16.1. The molecule has 2 aromatic rings. The number of nitro groups is 1. The number of ether oxygens (including phenoxy) is 1. The summed E-state index contributed by atoms with van der Waals surface area (Å²) in [6, 6.07) is 9.64. The van der Waals surface area contributed by atoms with Gasteiger partial charge in [-0.25, -0.2) is 0 Å². The van der Waals surface area contributed by atoms with E-state index >= 15 is 0 Å². The van der Waals surface area contributed by atoms with Gasteiger partial charge in [0, 0.05) is 41.4 Å². The second kappa shape index (κ2) is 8.27. The highest BCUT2D eigenvalue weighted by Crippen LogP contribution is 2.49. The van der Waals surface area contributed by atoms with Gasteiger partial charge in [0.1, 0.15) is 0 Å². The van der Waals surface area contributed by atoms with Crippen LogP contribution in [0.2, 0.25) is 0 Å². The minimum Gasteiger partial charge on any atom is -0.375 e. The molecule has 1 aliphatic heterocycles. The highest BCUT2D eigenvalue weighted by Gasteiger charge is 2.48. The zero-order chi connectivity index (χ0) is 19.5. The molecule has 0 amide bonds. The summed E-state index contributed by atoms with van der Waals surface area (Å²) in [6.07, 6.45) is 9.78. The van der Waals surface area contributed by atoms with Gasteiger partial charge in [-0.1, -0.05) is 30.2 Å². The third kappa shape index (κ3) is 4.11. The topological polar surface area (TPSA) is 77.3 Å². The van der Waals surface area contributed by atoms with Gasteiger partial charge in [-0.3, -0.25) is 15.1 Å². The van der Waals surface area contributed by atoms with Crippen molar-refractivity contribution >= 4 is 16.3 Å². The van der Waals surface area contributed by atoms with Crippen LogP contribution in [0.25, 0.3) is 0 Å². The molecule has 1 atom stereocenters. The molecule has 2 fully saturated rings. The summed E-state index contributed by atoms with van der Waals surface area (Å²) < 4.78 is 6.29. The Morgan fingerprint density at radius 3 is 2.79 bits per heavy atom. The van der Waals surface area contributed by atoms with Crippen LogP contribution in [0.4, 0.5) is 5.00 Å². The Labute approximate surface area is 169 Å². The second-order valence-electron chi connectivity index (χ2n) is 8.08. The van der Waals surface area contributed by atoms with Crippen LogP contribution in [0, 0.1) is 10.1 Å². The molecule has 0 unspecified atom stereocenters. The molecule has 28 heavy (non-hydrogen) atoms. The van der Waals surface area contributed by atoms with Crippen LogP contribution in [0.15, 0.2) is 36.5 Å². The first-order chi connectivity index (χ1) is 13.6. The molecule has 150 valence electrons. The number of nitrogens with one attached hydrogen (secondary N) is 1. The molecule has 7 heteroatoms. The number of rotatable bonds is 7. The molecule has 0 radical (unpaired) electrons. The summed E-state index contributed by atoms with van der Waals surface area (Å²) in [5.41, 5.74) is 1.25. The van der Waals surface area contributed by atoms with Crippen molar-refractivity contribution < 1.29 is 9.66 Å². The Bertz CT molecular complexity index is 804. The SMILES string of the molecule is O=[N+]([O-])c1ccc(CNCC[C@@]2(c3ccccn3)CCOC3(CCCC3)C2)s1. The zero-order valence-corrected chi connectivity index (χ0v) is 16.9. The average Bonchev–Trinajstić information content (AvgIpc) is 3.36. The van der Waals surface area contributed by atoms with Gasteiger partial charge in [-0.2, -0.15) is 0 Å². The van der Waals surface area contributed by atoms with Gasteiger partial charge in [-0.15, -0.1) is 0 Å². The Morgan fingerprint density at radius 2 is 2.07 bits per heavy atom. The van der Waals surface area contributed by atoms with Crippen molar-refractivity contribution in [2.45, 2.75) is 62.5 Å². The molecule has 0 aromatic carbocycles. The van der Waals surface area contributed by atoms with E-state index in [1.54, 1.807) is 6.07 Å². The lowest BCUT2D eigenvalue weighted by Gasteiger charge is -2.46. The molecule has 2 aliphatic rings. The standard InChI is InChI=1S/C21H27N3O3S/c25-24(26)19-7-6-17(28-19)15-22-13-10-20(18-5-1-4-12-23-18)11-14-27-21(16-20)8-2-3-9-21/h1,4-7,12,22H,2-3,8-11,13-16H2/t20-/m1/s1. The minimum atomic E-state index is -0.326. The summed E-state index contributed by atoms with van der Waals surface area (Å²) in [7, 11) is 0. The molecular formula is C21H27N3O3S. The highest BCUT2D eigenvalue weighted by atomic mass is 32.1. The quantitative estimate of drug-likeness (QED) is 0.417. The highest BCUT2D eigenvalue weighted by molar-refractivity contribution is 7.15. The van der Waals surface area contributed by atoms with Gasteiger partial charge in [0.25, 0.3) is 0 Å². The first-order valence-electron chi connectivity index (χ1n) is 10.1. The van der Waals surface area contributed by atoms with E-state index in [0.29, 0.717) is 6.54 Å². The third-order valence-corrected chi connectivity index (χ3v) is 7.32. The predicted molar refractivity (Wildman–Crippen MR) is 110 cm³/mol. The fourth-order valence-corrected chi connectivity index (χ4v) is 5.68. The molecule has 1 saturated carbocycles. The lowest BCUT2D eigenvalue weighted by molar-refractivity contribution is -0.380. The molecule has 1 saturated heterocycles. The van der Waals surface area contributed by atoms with E-state index < -0.39 is 0 Å². The maximum atomic E-state index is 10.8. The monoisotopic (exact) mass is 401 g/mol. The van der Waals surface area contributed by atoms with Crippen LogP contribution in [-0.4, -0.2) is 28.7 Å². The first-order valence-corrected chi connectivity index (χ1v) is 10.9. The lowest BCUT2D eigenvalue weighted by atomic mass is 9.68. The van der Waals surface area contributed by atoms with Crippen molar-refractivity contribution in [2.75, 3.05) is 13.2 Å². The number of nitrogens with zero attached hydrogens (tertiary/aromatic N) is 2.